The second-order valence-corrected chi connectivity index (χ2v) is 5.94. The highest BCUT2D eigenvalue weighted by Crippen LogP contribution is 2.39. The summed E-state index contributed by atoms with van der Waals surface area (Å²) >= 11 is 1.02. The van der Waals surface area contributed by atoms with E-state index in [4.69, 9.17) is 5.73 Å². The number of non-ortho nitro benzene ring substituents is 1. The molecule has 0 aliphatic carbocycles. The van der Waals surface area contributed by atoms with E-state index in [0.717, 1.165) is 11.3 Å². The molecule has 0 atom stereocenters. The van der Waals surface area contributed by atoms with Crippen molar-refractivity contribution in [2.45, 2.75) is 6.92 Å². The first-order valence-electron chi connectivity index (χ1n) is 6.56. The lowest BCUT2D eigenvalue weighted by Crippen LogP contribution is -1.97. The number of carbonyl (C=O) groups is 1. The number of anilines is 1. The Kier molecular flexibility index (Phi) is 3.45. The molecule has 0 fully saturated rings. The number of fused-ring (bicyclic) bond motifs is 1. The zero-order valence-electron chi connectivity index (χ0n) is 11.9. The molecule has 2 aromatic heterocycles. The van der Waals surface area contributed by atoms with Gasteiger partial charge in [-0.1, -0.05) is 0 Å². The van der Waals surface area contributed by atoms with Gasteiger partial charge in [0.25, 0.3) is 5.69 Å². The van der Waals surface area contributed by atoms with Crippen LogP contribution >= 0.6 is 11.3 Å². The van der Waals surface area contributed by atoms with Crippen LogP contribution in [0, 0.1) is 17.0 Å². The van der Waals surface area contributed by atoms with E-state index in [9.17, 15) is 20.0 Å². The quantitative estimate of drug-likeness (QED) is 0.561. The predicted octanol–water partition coefficient (Wildman–Crippen LogP) is 3.46. The molecule has 116 valence electrons. The number of aromatic nitrogens is 1. The third kappa shape index (κ3) is 2.49. The number of nitrogens with zero attached hydrogens (tertiary/aromatic N) is 2. The second kappa shape index (κ2) is 5.33. The number of rotatable bonds is 3. The lowest BCUT2D eigenvalue weighted by molar-refractivity contribution is -0.384. The van der Waals surface area contributed by atoms with Gasteiger partial charge in [0, 0.05) is 23.2 Å². The Labute approximate surface area is 134 Å². The molecule has 7 nitrogen and oxygen atoms in total. The summed E-state index contributed by atoms with van der Waals surface area (Å²) < 4.78 is 0. The van der Waals surface area contributed by atoms with Crippen LogP contribution in [0.5, 0.6) is 0 Å². The number of hydrogen-bond acceptors (Lipinski definition) is 6. The second-order valence-electron chi connectivity index (χ2n) is 4.95. The summed E-state index contributed by atoms with van der Waals surface area (Å²) in [6.07, 6.45) is 0. The van der Waals surface area contributed by atoms with E-state index < -0.39 is 10.9 Å². The molecule has 0 saturated heterocycles. The van der Waals surface area contributed by atoms with Gasteiger partial charge in [-0.15, -0.1) is 11.3 Å². The minimum atomic E-state index is -1.10. The van der Waals surface area contributed by atoms with Gasteiger partial charge in [0.05, 0.1) is 10.6 Å². The van der Waals surface area contributed by atoms with Crippen LogP contribution in [0.4, 0.5) is 11.4 Å². The first-order chi connectivity index (χ1) is 10.9. The van der Waals surface area contributed by atoms with Gasteiger partial charge in [-0.25, -0.2) is 9.78 Å². The normalized spacial score (nSPS) is 10.8. The summed E-state index contributed by atoms with van der Waals surface area (Å²) in [7, 11) is 0. The summed E-state index contributed by atoms with van der Waals surface area (Å²) in [5.41, 5.74) is 8.28. The number of nitro groups is 1. The average molecular weight is 329 g/mol. The molecule has 0 radical (unpaired) electrons. The fraction of sp³-hybridized carbons (Fsp3) is 0.0667. The maximum absolute atomic E-state index is 11.3. The molecule has 0 saturated carbocycles. The van der Waals surface area contributed by atoms with Crippen LogP contribution in [0.1, 0.15) is 15.4 Å². The molecular formula is C15H11N3O4S. The van der Waals surface area contributed by atoms with Crippen molar-refractivity contribution in [1.82, 2.24) is 4.98 Å². The van der Waals surface area contributed by atoms with Gasteiger partial charge in [0.1, 0.15) is 9.71 Å². The third-order valence-electron chi connectivity index (χ3n) is 3.41. The van der Waals surface area contributed by atoms with Crippen LogP contribution in [0.25, 0.3) is 21.3 Å². The Morgan fingerprint density at radius 1 is 1.35 bits per heavy atom. The van der Waals surface area contributed by atoms with E-state index in [2.05, 4.69) is 4.98 Å². The Morgan fingerprint density at radius 2 is 2.00 bits per heavy atom. The van der Waals surface area contributed by atoms with Crippen LogP contribution in [-0.4, -0.2) is 21.0 Å². The standard InChI is InChI=1S/C15H11N3O4S/c1-7-6-10(8-2-4-9(5-3-8)18(21)22)11-12(16)13(15(19)20)23-14(11)17-7/h2-6H,16H2,1H3,(H,19,20). The lowest BCUT2D eigenvalue weighted by Gasteiger charge is -2.06. The first kappa shape index (κ1) is 14.9. The van der Waals surface area contributed by atoms with Crippen molar-refractivity contribution in [3.05, 3.63) is 51.0 Å². The molecule has 0 amide bonds. The van der Waals surface area contributed by atoms with Gasteiger partial charge in [-0.3, -0.25) is 10.1 Å². The number of nitro benzene ring substituents is 1. The molecule has 8 heteroatoms. The summed E-state index contributed by atoms with van der Waals surface area (Å²) in [6.45, 7) is 1.80. The Hall–Kier alpha value is -3.00. The van der Waals surface area contributed by atoms with Crippen molar-refractivity contribution in [2.24, 2.45) is 0 Å². The maximum Gasteiger partial charge on any atom is 0.348 e. The van der Waals surface area contributed by atoms with E-state index in [1.165, 1.54) is 12.1 Å². The van der Waals surface area contributed by atoms with Crippen molar-refractivity contribution in [2.75, 3.05) is 5.73 Å². The van der Waals surface area contributed by atoms with Crippen molar-refractivity contribution < 1.29 is 14.8 Å². The number of benzene rings is 1. The third-order valence-corrected chi connectivity index (χ3v) is 4.50. The molecule has 3 rings (SSSR count). The molecule has 0 spiro atoms. The minimum Gasteiger partial charge on any atom is -0.477 e. The van der Waals surface area contributed by atoms with E-state index in [1.54, 1.807) is 25.1 Å². The van der Waals surface area contributed by atoms with Gasteiger partial charge in [0.2, 0.25) is 0 Å². The fourth-order valence-electron chi connectivity index (χ4n) is 2.39. The van der Waals surface area contributed by atoms with E-state index in [-0.39, 0.29) is 16.3 Å². The van der Waals surface area contributed by atoms with Crippen LogP contribution in [-0.2, 0) is 0 Å². The summed E-state index contributed by atoms with van der Waals surface area (Å²) in [6, 6.07) is 7.82. The molecule has 23 heavy (non-hydrogen) atoms. The number of hydrogen-bond donors (Lipinski definition) is 2. The smallest absolute Gasteiger partial charge is 0.348 e. The monoisotopic (exact) mass is 329 g/mol. The number of pyridine rings is 1. The van der Waals surface area contributed by atoms with Crippen LogP contribution in [0.2, 0.25) is 0 Å². The average Bonchev–Trinajstić information content (AvgIpc) is 2.83. The van der Waals surface area contributed by atoms with Gasteiger partial charge >= 0.3 is 5.97 Å². The lowest BCUT2D eigenvalue weighted by atomic mass is 10.0. The van der Waals surface area contributed by atoms with Crippen molar-refractivity contribution in [3.63, 3.8) is 0 Å². The summed E-state index contributed by atoms with van der Waals surface area (Å²) in [5, 5.41) is 20.5. The zero-order chi connectivity index (χ0) is 16.7. The number of nitrogen functional groups attached to an aromatic ring is 1. The number of aryl methyl sites for hydroxylation is 1. The van der Waals surface area contributed by atoms with E-state index >= 15 is 0 Å². The van der Waals surface area contributed by atoms with Crippen molar-refractivity contribution in [1.29, 1.82) is 0 Å². The highest BCUT2D eigenvalue weighted by atomic mass is 32.1. The Morgan fingerprint density at radius 3 is 2.57 bits per heavy atom. The van der Waals surface area contributed by atoms with Crippen LogP contribution in [0.15, 0.2) is 30.3 Å². The summed E-state index contributed by atoms with van der Waals surface area (Å²) in [5.74, 6) is -1.10. The Balaban J connectivity index is 2.27. The molecule has 0 aliphatic rings. The molecule has 0 bridgehead atoms. The molecule has 3 aromatic rings. The number of carboxylic acids is 1. The van der Waals surface area contributed by atoms with Crippen LogP contribution in [0.3, 0.4) is 0 Å². The zero-order valence-corrected chi connectivity index (χ0v) is 12.8. The van der Waals surface area contributed by atoms with Crippen molar-refractivity contribution >= 4 is 38.9 Å². The molecule has 2 heterocycles. The number of thiophene rings is 1. The number of carboxylic acid groups (broad SMARTS) is 1. The largest absolute Gasteiger partial charge is 0.477 e. The van der Waals surface area contributed by atoms with Gasteiger partial charge < -0.3 is 10.8 Å². The molecule has 0 unspecified atom stereocenters. The SMILES string of the molecule is Cc1cc(-c2ccc([N+](=O)[O-])cc2)c2c(N)c(C(=O)O)sc2n1. The predicted molar refractivity (Wildman–Crippen MR) is 87.8 cm³/mol. The van der Waals surface area contributed by atoms with E-state index in [0.29, 0.717) is 27.0 Å². The highest BCUT2D eigenvalue weighted by molar-refractivity contribution is 7.21. The molecule has 0 aliphatic heterocycles. The van der Waals surface area contributed by atoms with Gasteiger partial charge in [-0.05, 0) is 36.2 Å². The van der Waals surface area contributed by atoms with Crippen molar-refractivity contribution in [3.8, 4) is 11.1 Å². The number of aromatic carboxylic acids is 1. The fourth-order valence-corrected chi connectivity index (χ4v) is 3.40. The molecule has 1 aromatic carbocycles. The Bertz CT molecular complexity index is 948. The molecular weight excluding hydrogens is 318 g/mol. The molecule has 3 N–H and O–H groups in total. The first-order valence-corrected chi connectivity index (χ1v) is 7.38. The maximum atomic E-state index is 11.3. The minimum absolute atomic E-state index is 0.0136. The topological polar surface area (TPSA) is 119 Å². The van der Waals surface area contributed by atoms with Gasteiger partial charge in [-0.2, -0.15) is 0 Å². The van der Waals surface area contributed by atoms with Gasteiger partial charge in [0.15, 0.2) is 0 Å². The number of nitrogens with two attached hydrogens (primary N) is 1. The van der Waals surface area contributed by atoms with E-state index in [1.807, 2.05) is 0 Å². The summed E-state index contributed by atoms with van der Waals surface area (Å²) in [4.78, 5) is 26.5. The van der Waals surface area contributed by atoms with Crippen LogP contribution < -0.4 is 5.73 Å². The highest BCUT2D eigenvalue weighted by Gasteiger charge is 2.20.